The van der Waals surface area contributed by atoms with Crippen LogP contribution in [0.15, 0.2) is 23.1 Å². The third kappa shape index (κ3) is 6.73. The molecule has 0 aliphatic carbocycles. The van der Waals surface area contributed by atoms with Gasteiger partial charge in [-0.05, 0) is 43.9 Å². The van der Waals surface area contributed by atoms with Crippen LogP contribution >= 0.6 is 0 Å². The standard InChI is InChI=1S/C23H34N2O8S2/c1-3-11-25(19-10-14-34(28,29)17-19)22(26)16-33-23(27)18-8-9-20(32-2)21(15-18)35(30,31)24-12-6-4-5-7-13-24/h8-9,15,19H,3-7,10-14,16-17H2,1-2H3. The zero-order valence-corrected chi connectivity index (χ0v) is 21.9. The normalized spacial score (nSPS) is 20.7. The van der Waals surface area contributed by atoms with E-state index in [-0.39, 0.29) is 27.7 Å². The van der Waals surface area contributed by atoms with Gasteiger partial charge >= 0.3 is 5.97 Å². The van der Waals surface area contributed by atoms with Gasteiger partial charge in [-0.3, -0.25) is 4.79 Å². The largest absolute Gasteiger partial charge is 0.495 e. The highest BCUT2D eigenvalue weighted by molar-refractivity contribution is 7.91. The number of benzene rings is 1. The van der Waals surface area contributed by atoms with Crippen LogP contribution in [-0.2, 0) is 29.4 Å². The number of sulfone groups is 1. The summed E-state index contributed by atoms with van der Waals surface area (Å²) in [5, 5.41) is 0. The molecule has 1 aromatic rings. The average Bonchev–Trinajstić information content (AvgIpc) is 3.02. The van der Waals surface area contributed by atoms with Crippen molar-refractivity contribution in [1.29, 1.82) is 0 Å². The Morgan fingerprint density at radius 1 is 1.14 bits per heavy atom. The van der Waals surface area contributed by atoms with Crippen molar-refractivity contribution in [3.8, 4) is 5.75 Å². The van der Waals surface area contributed by atoms with Crippen LogP contribution in [0.2, 0.25) is 0 Å². The van der Waals surface area contributed by atoms with E-state index in [1.54, 1.807) is 0 Å². The summed E-state index contributed by atoms with van der Waals surface area (Å²) >= 11 is 0. The van der Waals surface area contributed by atoms with Crippen LogP contribution in [0.3, 0.4) is 0 Å². The minimum atomic E-state index is -3.89. The first-order chi connectivity index (χ1) is 16.6. The van der Waals surface area contributed by atoms with Crippen molar-refractivity contribution in [2.45, 2.75) is 56.4 Å². The highest BCUT2D eigenvalue weighted by atomic mass is 32.2. The molecule has 1 aromatic carbocycles. The van der Waals surface area contributed by atoms with E-state index < -0.39 is 44.4 Å². The molecule has 10 nitrogen and oxygen atoms in total. The highest BCUT2D eigenvalue weighted by Gasteiger charge is 2.35. The topological polar surface area (TPSA) is 127 Å². The maximum atomic E-state index is 13.3. The zero-order chi connectivity index (χ0) is 25.6. The fourth-order valence-corrected chi connectivity index (χ4v) is 7.92. The summed E-state index contributed by atoms with van der Waals surface area (Å²) in [6.07, 6.45) is 4.45. The molecule has 0 bridgehead atoms. The van der Waals surface area contributed by atoms with E-state index in [9.17, 15) is 26.4 Å². The van der Waals surface area contributed by atoms with E-state index in [0.29, 0.717) is 32.5 Å². The molecule has 0 saturated carbocycles. The first-order valence-corrected chi connectivity index (χ1v) is 15.2. The summed E-state index contributed by atoms with van der Waals surface area (Å²) in [6.45, 7) is 2.48. The Bertz CT molecular complexity index is 1130. The lowest BCUT2D eigenvalue weighted by Crippen LogP contribution is -2.43. The quantitative estimate of drug-likeness (QED) is 0.443. The first-order valence-electron chi connectivity index (χ1n) is 11.9. The molecule has 2 aliphatic rings. The minimum Gasteiger partial charge on any atom is -0.495 e. The molecule has 0 radical (unpaired) electrons. The van der Waals surface area contributed by atoms with Crippen LogP contribution in [0.25, 0.3) is 0 Å². The van der Waals surface area contributed by atoms with Crippen LogP contribution in [0.5, 0.6) is 5.75 Å². The van der Waals surface area contributed by atoms with Crippen molar-refractivity contribution in [1.82, 2.24) is 9.21 Å². The van der Waals surface area contributed by atoms with E-state index in [2.05, 4.69) is 0 Å². The molecule has 0 aromatic heterocycles. The molecule has 0 spiro atoms. The molecule has 196 valence electrons. The van der Waals surface area contributed by atoms with Gasteiger partial charge < -0.3 is 14.4 Å². The number of hydrogen-bond acceptors (Lipinski definition) is 8. The van der Waals surface area contributed by atoms with Gasteiger partial charge in [-0.15, -0.1) is 0 Å². The van der Waals surface area contributed by atoms with Gasteiger partial charge in [-0.1, -0.05) is 19.8 Å². The summed E-state index contributed by atoms with van der Waals surface area (Å²) in [5.74, 6) is -1.26. The van der Waals surface area contributed by atoms with Crippen molar-refractivity contribution >= 4 is 31.7 Å². The van der Waals surface area contributed by atoms with Crippen molar-refractivity contribution in [2.24, 2.45) is 0 Å². The molecule has 1 amide bonds. The third-order valence-corrected chi connectivity index (χ3v) is 10.0. The fraction of sp³-hybridized carbons (Fsp3) is 0.652. The first kappa shape index (κ1) is 27.4. The lowest BCUT2D eigenvalue weighted by atomic mass is 10.2. The SMILES string of the molecule is CCCN(C(=O)COC(=O)c1ccc(OC)c(S(=O)(=O)N2CCCCCC2)c1)C1CCS(=O)(=O)C1. The number of hydrogen-bond donors (Lipinski definition) is 0. The number of rotatable bonds is 9. The molecule has 2 aliphatic heterocycles. The number of ether oxygens (including phenoxy) is 2. The van der Waals surface area contributed by atoms with Gasteiger partial charge in [0.25, 0.3) is 5.91 Å². The number of sulfonamides is 1. The average molecular weight is 531 g/mol. The highest BCUT2D eigenvalue weighted by Crippen LogP contribution is 2.29. The van der Waals surface area contributed by atoms with E-state index in [1.807, 2.05) is 6.92 Å². The van der Waals surface area contributed by atoms with Gasteiger partial charge in [-0.25, -0.2) is 21.6 Å². The number of carbonyl (C=O) groups is 2. The van der Waals surface area contributed by atoms with Gasteiger partial charge in [0, 0.05) is 25.7 Å². The second kappa shape index (κ2) is 11.7. The maximum Gasteiger partial charge on any atom is 0.338 e. The van der Waals surface area contributed by atoms with Gasteiger partial charge in [0.2, 0.25) is 10.0 Å². The Hall–Kier alpha value is -2.18. The fourth-order valence-electron chi connectivity index (χ4n) is 4.49. The lowest BCUT2D eigenvalue weighted by molar-refractivity contribution is -0.136. The van der Waals surface area contributed by atoms with Crippen molar-refractivity contribution in [3.05, 3.63) is 23.8 Å². The Balaban J connectivity index is 1.74. The van der Waals surface area contributed by atoms with Crippen molar-refractivity contribution in [3.63, 3.8) is 0 Å². The molecular weight excluding hydrogens is 496 g/mol. The summed E-state index contributed by atoms with van der Waals surface area (Å²) in [6, 6.07) is 3.58. The Kier molecular flexibility index (Phi) is 9.16. The van der Waals surface area contributed by atoms with Gasteiger partial charge in [-0.2, -0.15) is 4.31 Å². The molecule has 2 fully saturated rings. The van der Waals surface area contributed by atoms with Gasteiger partial charge in [0.15, 0.2) is 16.4 Å². The second-order valence-electron chi connectivity index (χ2n) is 8.90. The summed E-state index contributed by atoms with van der Waals surface area (Å²) in [4.78, 5) is 26.8. The van der Waals surface area contributed by atoms with Gasteiger partial charge in [0.05, 0.1) is 24.2 Å². The number of methoxy groups -OCH3 is 1. The predicted octanol–water partition coefficient (Wildman–Crippen LogP) is 1.84. The van der Waals surface area contributed by atoms with Crippen LogP contribution in [-0.4, -0.2) is 88.8 Å². The van der Waals surface area contributed by atoms with E-state index in [4.69, 9.17) is 9.47 Å². The minimum absolute atomic E-state index is 0.0162. The molecule has 2 heterocycles. The molecule has 2 saturated heterocycles. The molecule has 1 unspecified atom stereocenters. The zero-order valence-electron chi connectivity index (χ0n) is 20.3. The van der Waals surface area contributed by atoms with Crippen LogP contribution in [0, 0.1) is 0 Å². The summed E-state index contributed by atoms with van der Waals surface area (Å²) in [7, 11) is -5.71. The third-order valence-electron chi connectivity index (χ3n) is 6.34. The number of nitrogens with zero attached hydrogens (tertiary/aromatic N) is 2. The van der Waals surface area contributed by atoms with Crippen LogP contribution in [0.1, 0.15) is 55.8 Å². The molecule has 12 heteroatoms. The molecule has 3 rings (SSSR count). The van der Waals surface area contributed by atoms with Crippen LogP contribution in [0.4, 0.5) is 0 Å². The number of amides is 1. The molecule has 1 atom stereocenters. The van der Waals surface area contributed by atoms with Crippen molar-refractivity contribution in [2.75, 3.05) is 44.9 Å². The Morgan fingerprint density at radius 2 is 1.83 bits per heavy atom. The monoisotopic (exact) mass is 530 g/mol. The smallest absolute Gasteiger partial charge is 0.338 e. The molecule has 0 N–H and O–H groups in total. The summed E-state index contributed by atoms with van der Waals surface area (Å²) in [5.41, 5.74) is -0.0162. The number of esters is 1. The number of carbonyl (C=O) groups excluding carboxylic acids is 2. The molecular formula is C23H34N2O8S2. The molecule has 35 heavy (non-hydrogen) atoms. The maximum absolute atomic E-state index is 13.3. The Morgan fingerprint density at radius 3 is 2.40 bits per heavy atom. The van der Waals surface area contributed by atoms with E-state index in [0.717, 1.165) is 25.7 Å². The van der Waals surface area contributed by atoms with E-state index in [1.165, 1.54) is 34.5 Å². The lowest BCUT2D eigenvalue weighted by Gasteiger charge is -2.27. The second-order valence-corrected chi connectivity index (χ2v) is 13.0. The van der Waals surface area contributed by atoms with Crippen LogP contribution < -0.4 is 4.74 Å². The Labute approximate surface area is 207 Å². The van der Waals surface area contributed by atoms with Crippen molar-refractivity contribution < 1.29 is 35.9 Å². The predicted molar refractivity (Wildman–Crippen MR) is 130 cm³/mol. The summed E-state index contributed by atoms with van der Waals surface area (Å²) < 4.78 is 62.2. The van der Waals surface area contributed by atoms with E-state index >= 15 is 0 Å². The van der Waals surface area contributed by atoms with Gasteiger partial charge in [0.1, 0.15) is 10.6 Å².